The number of thiocarbonyl (C=S) groups is 1. The Kier molecular flexibility index (Phi) is 10.3. The number of ether oxygens (including phenoxy) is 2. The molecule has 2 fully saturated rings. The van der Waals surface area contributed by atoms with Gasteiger partial charge in [0, 0.05) is 51.4 Å². The molecule has 0 bridgehead atoms. The Labute approximate surface area is 273 Å². The van der Waals surface area contributed by atoms with Crippen LogP contribution >= 0.6 is 24.0 Å². The molecule has 0 saturated carbocycles. The molecule has 9 nitrogen and oxygen atoms in total. The molecular formula is C34H37N5O4S2. The summed E-state index contributed by atoms with van der Waals surface area (Å²) >= 11 is 6.90. The van der Waals surface area contributed by atoms with E-state index in [9.17, 15) is 14.9 Å². The van der Waals surface area contributed by atoms with Crippen LogP contribution in [0.1, 0.15) is 34.7 Å². The molecule has 0 spiro atoms. The van der Waals surface area contributed by atoms with Gasteiger partial charge < -0.3 is 14.4 Å². The fourth-order valence-electron chi connectivity index (χ4n) is 5.84. The van der Waals surface area contributed by atoms with Gasteiger partial charge in [-0.2, -0.15) is 5.26 Å². The van der Waals surface area contributed by atoms with Gasteiger partial charge in [-0.15, -0.1) is 0 Å². The van der Waals surface area contributed by atoms with E-state index in [0.717, 1.165) is 31.0 Å². The molecule has 0 atom stereocenters. The smallest absolute Gasteiger partial charge is 0.270 e. The van der Waals surface area contributed by atoms with Crippen molar-refractivity contribution in [2.75, 3.05) is 51.8 Å². The molecule has 234 valence electrons. The molecule has 3 heterocycles. The molecule has 2 saturated heterocycles. The molecule has 0 N–H and O–H groups in total. The summed E-state index contributed by atoms with van der Waals surface area (Å²) in [5.41, 5.74) is 3.33. The third-order valence-corrected chi connectivity index (χ3v) is 9.68. The molecule has 1 aromatic heterocycles. The summed E-state index contributed by atoms with van der Waals surface area (Å²) < 4.78 is 12.9. The summed E-state index contributed by atoms with van der Waals surface area (Å²) in [7, 11) is 3.18. The summed E-state index contributed by atoms with van der Waals surface area (Å²) in [4.78, 5) is 33.9. The highest BCUT2D eigenvalue weighted by molar-refractivity contribution is 8.26. The van der Waals surface area contributed by atoms with E-state index in [1.807, 2.05) is 37.3 Å². The maximum Gasteiger partial charge on any atom is 0.270 e. The number of thioether (sulfide) groups is 1. The number of anilines is 1. The molecule has 0 unspecified atom stereocenters. The zero-order chi connectivity index (χ0) is 32.1. The Morgan fingerprint density at radius 2 is 1.71 bits per heavy atom. The number of rotatable bonds is 10. The number of amides is 1. The molecular weight excluding hydrogens is 607 g/mol. The molecule has 2 aliphatic heterocycles. The lowest BCUT2D eigenvalue weighted by Gasteiger charge is -2.38. The van der Waals surface area contributed by atoms with E-state index in [0.29, 0.717) is 64.5 Å². The summed E-state index contributed by atoms with van der Waals surface area (Å²) in [6.45, 7) is 8.44. The van der Waals surface area contributed by atoms with Gasteiger partial charge in [0.1, 0.15) is 21.8 Å². The predicted octanol–water partition coefficient (Wildman–Crippen LogP) is 4.83. The van der Waals surface area contributed by atoms with E-state index in [4.69, 9.17) is 21.7 Å². The van der Waals surface area contributed by atoms with Gasteiger partial charge in [0.2, 0.25) is 0 Å². The quantitative estimate of drug-likeness (QED) is 0.228. The van der Waals surface area contributed by atoms with E-state index in [-0.39, 0.29) is 17.0 Å². The molecule has 0 radical (unpaired) electrons. The molecule has 1 amide bonds. The third-order valence-electron chi connectivity index (χ3n) is 8.30. The van der Waals surface area contributed by atoms with Crippen LogP contribution in [0.25, 0.3) is 6.08 Å². The second kappa shape index (κ2) is 14.3. The number of hydrogen-bond acceptors (Lipinski definition) is 9. The first-order valence-corrected chi connectivity index (χ1v) is 16.2. The van der Waals surface area contributed by atoms with Gasteiger partial charge in [-0.25, -0.2) is 0 Å². The number of carbonyl (C=O) groups is 1. The van der Waals surface area contributed by atoms with Crippen molar-refractivity contribution in [2.45, 2.75) is 33.4 Å². The van der Waals surface area contributed by atoms with Crippen LogP contribution in [0, 0.1) is 18.3 Å². The van der Waals surface area contributed by atoms with Crippen molar-refractivity contribution in [3.8, 4) is 17.6 Å². The van der Waals surface area contributed by atoms with E-state index < -0.39 is 0 Å². The predicted molar refractivity (Wildman–Crippen MR) is 183 cm³/mol. The van der Waals surface area contributed by atoms with Crippen molar-refractivity contribution >= 4 is 46.1 Å². The lowest BCUT2D eigenvalue weighted by Crippen LogP contribution is -2.48. The van der Waals surface area contributed by atoms with Crippen molar-refractivity contribution < 1.29 is 14.3 Å². The number of nitrogens with zero attached hydrogens (tertiary/aromatic N) is 5. The van der Waals surface area contributed by atoms with Gasteiger partial charge in [-0.1, -0.05) is 60.4 Å². The number of benzene rings is 2. The van der Waals surface area contributed by atoms with Crippen molar-refractivity contribution in [1.82, 2.24) is 14.4 Å². The minimum atomic E-state index is -0.307. The molecule has 45 heavy (non-hydrogen) atoms. The monoisotopic (exact) mass is 643 g/mol. The molecule has 2 aromatic carbocycles. The highest BCUT2D eigenvalue weighted by Gasteiger charge is 2.33. The Hall–Kier alpha value is -4.11. The first-order chi connectivity index (χ1) is 21.8. The van der Waals surface area contributed by atoms with E-state index in [1.165, 1.54) is 17.3 Å². The normalized spacial score (nSPS) is 16.4. The lowest BCUT2D eigenvalue weighted by molar-refractivity contribution is -0.122. The number of methoxy groups -OCH3 is 2. The maximum atomic E-state index is 13.7. The third kappa shape index (κ3) is 6.78. The van der Waals surface area contributed by atoms with E-state index in [1.54, 1.807) is 30.6 Å². The average Bonchev–Trinajstić information content (AvgIpc) is 3.33. The number of carbonyl (C=O) groups excluding carboxylic acids is 1. The molecule has 2 aliphatic rings. The summed E-state index contributed by atoms with van der Waals surface area (Å²) in [5, 5.41) is 9.94. The highest BCUT2D eigenvalue weighted by Crippen LogP contribution is 2.36. The van der Waals surface area contributed by atoms with Crippen molar-refractivity contribution in [1.29, 1.82) is 5.26 Å². The van der Waals surface area contributed by atoms with Crippen LogP contribution in [-0.2, 0) is 24.3 Å². The Morgan fingerprint density at radius 1 is 1.00 bits per heavy atom. The van der Waals surface area contributed by atoms with Gasteiger partial charge >= 0.3 is 0 Å². The van der Waals surface area contributed by atoms with Gasteiger partial charge in [-0.05, 0) is 55.2 Å². The minimum Gasteiger partial charge on any atom is -0.493 e. The summed E-state index contributed by atoms with van der Waals surface area (Å²) in [6, 6.07) is 18.2. The zero-order valence-corrected chi connectivity index (χ0v) is 27.7. The van der Waals surface area contributed by atoms with Crippen LogP contribution < -0.4 is 19.9 Å². The molecule has 3 aromatic rings. The summed E-state index contributed by atoms with van der Waals surface area (Å²) in [6.07, 6.45) is 2.40. The first kappa shape index (κ1) is 32.3. The van der Waals surface area contributed by atoms with Crippen LogP contribution in [0.15, 0.2) is 58.2 Å². The van der Waals surface area contributed by atoms with Gasteiger partial charge in [0.25, 0.3) is 11.5 Å². The van der Waals surface area contributed by atoms with Gasteiger partial charge in [-0.3, -0.25) is 24.0 Å². The second-order valence-corrected chi connectivity index (χ2v) is 12.6. The SMILES string of the molecule is CCn1c(N2CCN(Cc3ccccc3)CC2)c(C=C2SC(=S)N(CCc3ccc(OC)c(OC)c3)C2=O)c(C)c(C#N)c1=O. The fraction of sp³-hybridized carbons (Fsp3) is 0.353. The standard InChI is InChI=1S/C34H37N5O4S2/c1-5-38-31(37-17-15-36(16-18-37)22-25-9-7-6-8-10-25)26(23(2)27(21-35)32(38)40)20-30-33(41)39(34(44)45-30)14-13-24-11-12-28(42-3)29(19-24)43-4/h6-12,19-20H,5,13-18,22H2,1-4H3. The van der Waals surface area contributed by atoms with Gasteiger partial charge in [0.15, 0.2) is 11.5 Å². The van der Waals surface area contributed by atoms with E-state index in [2.05, 4.69) is 40.1 Å². The zero-order valence-electron chi connectivity index (χ0n) is 26.0. The minimum absolute atomic E-state index is 0.0958. The Balaban J connectivity index is 1.42. The average molecular weight is 644 g/mol. The number of piperazine rings is 1. The highest BCUT2D eigenvalue weighted by atomic mass is 32.2. The Morgan fingerprint density at radius 3 is 2.36 bits per heavy atom. The van der Waals surface area contributed by atoms with Crippen LogP contribution in [0.3, 0.4) is 0 Å². The number of aromatic nitrogens is 1. The van der Waals surface area contributed by atoms with Crippen LogP contribution in [0.5, 0.6) is 11.5 Å². The topological polar surface area (TPSA) is 91.0 Å². The number of nitriles is 1. The van der Waals surface area contributed by atoms with Crippen molar-refractivity contribution in [3.05, 3.63) is 91.6 Å². The maximum absolute atomic E-state index is 13.7. The molecule has 0 aliphatic carbocycles. The van der Waals surface area contributed by atoms with Gasteiger partial charge in [0.05, 0.1) is 19.1 Å². The van der Waals surface area contributed by atoms with Crippen LogP contribution in [0.4, 0.5) is 5.82 Å². The van der Waals surface area contributed by atoms with Crippen LogP contribution in [-0.4, -0.2) is 71.5 Å². The largest absolute Gasteiger partial charge is 0.493 e. The Bertz CT molecular complexity index is 1720. The van der Waals surface area contributed by atoms with Crippen molar-refractivity contribution in [3.63, 3.8) is 0 Å². The lowest BCUT2D eigenvalue weighted by atomic mass is 10.0. The second-order valence-electron chi connectivity index (χ2n) is 10.9. The fourth-order valence-corrected chi connectivity index (χ4v) is 7.13. The molecule has 5 rings (SSSR count). The van der Waals surface area contributed by atoms with Crippen LogP contribution in [0.2, 0.25) is 0 Å². The van der Waals surface area contributed by atoms with Crippen molar-refractivity contribution in [2.24, 2.45) is 0 Å². The molecule has 11 heteroatoms. The number of pyridine rings is 1. The first-order valence-electron chi connectivity index (χ1n) is 14.9. The number of hydrogen-bond donors (Lipinski definition) is 0. The summed E-state index contributed by atoms with van der Waals surface area (Å²) in [5.74, 6) is 1.83. The van der Waals surface area contributed by atoms with E-state index >= 15 is 0 Å².